The van der Waals surface area contributed by atoms with E-state index in [9.17, 15) is 23.8 Å². The van der Waals surface area contributed by atoms with Crippen molar-refractivity contribution in [3.8, 4) is 0 Å². The van der Waals surface area contributed by atoms with Crippen LogP contribution >= 0.6 is 7.82 Å². The summed E-state index contributed by atoms with van der Waals surface area (Å²) in [6.07, 6.45) is 16.0. The number of hydrogen-bond donors (Lipinski definition) is 0. The lowest BCUT2D eigenvalue weighted by molar-refractivity contribution is -0.870. The monoisotopic (exact) mass is 593 g/mol. The molecule has 0 fully saturated rings. The Balaban J connectivity index is 4.27. The summed E-state index contributed by atoms with van der Waals surface area (Å²) in [4.78, 5) is 46.8. The Morgan fingerprint density at radius 2 is 1.30 bits per heavy atom. The van der Waals surface area contributed by atoms with E-state index in [4.69, 9.17) is 18.5 Å². The van der Waals surface area contributed by atoms with E-state index < -0.39 is 32.5 Å². The van der Waals surface area contributed by atoms with Gasteiger partial charge in [0.25, 0.3) is 7.82 Å². The number of nitrogens with zero attached hydrogens (tertiary/aromatic N) is 1. The van der Waals surface area contributed by atoms with Crippen LogP contribution in [-0.4, -0.2) is 76.3 Å². The summed E-state index contributed by atoms with van der Waals surface area (Å²) >= 11 is 0. The van der Waals surface area contributed by atoms with Crippen LogP contribution in [-0.2, 0) is 37.5 Å². The van der Waals surface area contributed by atoms with E-state index in [2.05, 4.69) is 6.92 Å². The van der Waals surface area contributed by atoms with Gasteiger partial charge in [0, 0.05) is 19.3 Å². The first-order valence-corrected chi connectivity index (χ1v) is 16.6. The van der Waals surface area contributed by atoms with Crippen molar-refractivity contribution in [3.05, 3.63) is 0 Å². The minimum atomic E-state index is -4.63. The smallest absolute Gasteiger partial charge is 0.306 e. The minimum Gasteiger partial charge on any atom is -0.756 e. The molecule has 0 N–H and O–H groups in total. The van der Waals surface area contributed by atoms with Gasteiger partial charge in [-0.25, -0.2) is 0 Å². The van der Waals surface area contributed by atoms with E-state index in [0.29, 0.717) is 30.2 Å². The molecule has 0 aliphatic carbocycles. The summed E-state index contributed by atoms with van der Waals surface area (Å²) in [6.45, 7) is 1.77. The molecule has 0 amide bonds. The average molecular weight is 594 g/mol. The largest absolute Gasteiger partial charge is 0.756 e. The molecule has 0 rings (SSSR count). The van der Waals surface area contributed by atoms with Gasteiger partial charge < -0.3 is 32.7 Å². The molecule has 0 saturated heterocycles. The molecule has 11 heteroatoms. The van der Waals surface area contributed by atoms with Crippen LogP contribution in [0.3, 0.4) is 0 Å². The Morgan fingerprint density at radius 1 is 0.775 bits per heavy atom. The van der Waals surface area contributed by atoms with Crippen LogP contribution in [0.5, 0.6) is 0 Å². The predicted octanol–water partition coefficient (Wildman–Crippen LogP) is 5.50. The second-order valence-electron chi connectivity index (χ2n) is 11.4. The molecule has 0 heterocycles. The van der Waals surface area contributed by atoms with Crippen LogP contribution in [0.15, 0.2) is 0 Å². The third-order valence-electron chi connectivity index (χ3n) is 6.35. The van der Waals surface area contributed by atoms with Crippen LogP contribution in [0.2, 0.25) is 0 Å². The van der Waals surface area contributed by atoms with Gasteiger partial charge >= 0.3 is 11.9 Å². The first kappa shape index (κ1) is 38.7. The number of phosphoric ester groups is 1. The molecule has 0 aromatic rings. The summed E-state index contributed by atoms with van der Waals surface area (Å²) in [5, 5.41) is 0. The molecule has 1 unspecified atom stereocenters. The summed E-state index contributed by atoms with van der Waals surface area (Å²) in [7, 11) is 1.05. The highest BCUT2D eigenvalue weighted by molar-refractivity contribution is 7.45. The van der Waals surface area contributed by atoms with Crippen molar-refractivity contribution in [2.24, 2.45) is 0 Å². The summed E-state index contributed by atoms with van der Waals surface area (Å²) in [6, 6.07) is 0. The van der Waals surface area contributed by atoms with Gasteiger partial charge in [-0.05, 0) is 12.8 Å². The fraction of sp³-hybridized carbons (Fsp3) is 0.897. The lowest BCUT2D eigenvalue weighted by Crippen LogP contribution is -2.37. The zero-order valence-corrected chi connectivity index (χ0v) is 26.5. The number of unbranched alkanes of at least 4 members (excludes halogenated alkanes) is 13. The van der Waals surface area contributed by atoms with Crippen LogP contribution in [0.25, 0.3) is 0 Å². The lowest BCUT2D eigenvalue weighted by atomic mass is 10.0. The molecule has 0 aliphatic rings. The Hall–Kier alpha value is -1.32. The number of quaternary nitrogens is 1. The van der Waals surface area contributed by atoms with Crippen molar-refractivity contribution >= 4 is 26.0 Å². The normalized spacial score (nSPS) is 13.9. The van der Waals surface area contributed by atoms with E-state index in [-0.39, 0.29) is 32.5 Å². The van der Waals surface area contributed by atoms with Gasteiger partial charge in [-0.15, -0.1) is 0 Å². The number of esters is 2. The maximum Gasteiger partial charge on any atom is 0.306 e. The van der Waals surface area contributed by atoms with E-state index in [1.807, 2.05) is 21.1 Å². The van der Waals surface area contributed by atoms with Crippen molar-refractivity contribution < 1.29 is 46.8 Å². The highest BCUT2D eigenvalue weighted by Gasteiger charge is 2.21. The summed E-state index contributed by atoms with van der Waals surface area (Å²) < 4.78 is 32.9. The molecule has 40 heavy (non-hydrogen) atoms. The topological polar surface area (TPSA) is 128 Å². The first-order valence-electron chi connectivity index (χ1n) is 15.2. The second-order valence-corrected chi connectivity index (χ2v) is 12.8. The predicted molar refractivity (Wildman–Crippen MR) is 153 cm³/mol. The van der Waals surface area contributed by atoms with E-state index in [1.165, 1.54) is 57.8 Å². The van der Waals surface area contributed by atoms with Crippen LogP contribution in [0.4, 0.5) is 0 Å². The zero-order chi connectivity index (χ0) is 30.1. The van der Waals surface area contributed by atoms with E-state index in [1.54, 1.807) is 0 Å². The van der Waals surface area contributed by atoms with Gasteiger partial charge in [0.2, 0.25) is 0 Å². The Kier molecular flexibility index (Phi) is 23.5. The lowest BCUT2D eigenvalue weighted by Gasteiger charge is -2.28. The molecule has 0 radical (unpaired) electrons. The molecule has 0 bridgehead atoms. The molecule has 0 saturated carbocycles. The molecule has 2 atom stereocenters. The maximum absolute atomic E-state index is 12.2. The highest BCUT2D eigenvalue weighted by atomic mass is 31.2. The number of ether oxygens (including phenoxy) is 2. The number of carbonyl (C=O) groups is 3. The van der Waals surface area contributed by atoms with Crippen molar-refractivity contribution in [1.29, 1.82) is 0 Å². The molecule has 10 nitrogen and oxygen atoms in total. The second kappa shape index (κ2) is 24.3. The first-order chi connectivity index (χ1) is 19.0. The van der Waals surface area contributed by atoms with Crippen LogP contribution in [0, 0.1) is 0 Å². The molecule has 0 aliphatic heterocycles. The molecule has 0 aromatic carbocycles. The number of hydrogen-bond acceptors (Lipinski definition) is 9. The Labute approximate surface area is 242 Å². The average Bonchev–Trinajstić information content (AvgIpc) is 2.87. The number of likely N-dealkylation sites (N-methyl/N-ethyl adjacent to an activating group) is 1. The van der Waals surface area contributed by atoms with Gasteiger partial charge in [-0.1, -0.05) is 84.0 Å². The van der Waals surface area contributed by atoms with Crippen LogP contribution < -0.4 is 4.89 Å². The Bertz CT molecular complexity index is 712. The van der Waals surface area contributed by atoms with E-state index in [0.717, 1.165) is 19.3 Å². The van der Waals surface area contributed by atoms with Crippen molar-refractivity contribution in [1.82, 2.24) is 0 Å². The van der Waals surface area contributed by atoms with Gasteiger partial charge in [-0.3, -0.25) is 14.2 Å². The van der Waals surface area contributed by atoms with Crippen LogP contribution in [0.1, 0.15) is 116 Å². The van der Waals surface area contributed by atoms with Crippen molar-refractivity contribution in [2.75, 3.05) is 47.5 Å². The summed E-state index contributed by atoms with van der Waals surface area (Å²) in [5.41, 5.74) is 0. The maximum atomic E-state index is 12.2. The van der Waals surface area contributed by atoms with E-state index >= 15 is 0 Å². The fourth-order valence-corrected chi connectivity index (χ4v) is 4.60. The number of aldehydes is 1. The quantitative estimate of drug-likeness (QED) is 0.0380. The molecule has 0 spiro atoms. The minimum absolute atomic E-state index is 0.0167. The zero-order valence-electron chi connectivity index (χ0n) is 25.6. The SMILES string of the molecule is CCCCCCCCCCCCCCCC(=O)OC[C@H](COP(=O)([O-])OCC[N+](C)(C)C)OC(=O)CCCC=O. The fourth-order valence-electron chi connectivity index (χ4n) is 3.87. The van der Waals surface area contributed by atoms with Gasteiger partial charge in [0.05, 0.1) is 27.7 Å². The van der Waals surface area contributed by atoms with Gasteiger partial charge in [0.15, 0.2) is 6.10 Å². The third kappa shape index (κ3) is 26.9. The van der Waals surface area contributed by atoms with Crippen molar-refractivity contribution in [2.45, 2.75) is 122 Å². The third-order valence-corrected chi connectivity index (χ3v) is 7.31. The summed E-state index contributed by atoms with van der Waals surface area (Å²) in [5.74, 6) is -1.07. The highest BCUT2D eigenvalue weighted by Crippen LogP contribution is 2.38. The molecule has 236 valence electrons. The van der Waals surface area contributed by atoms with Gasteiger partial charge in [0.1, 0.15) is 26.0 Å². The molecular weight excluding hydrogens is 537 g/mol. The number of carbonyl (C=O) groups excluding carboxylic acids is 3. The standard InChI is InChI=1S/C29H56NO9P/c1-5-6-7-8-9-10-11-12-13-14-15-16-17-20-28(32)36-25-27(39-29(33)21-18-19-23-31)26-38-40(34,35)37-24-22-30(2,3)4/h23,27H,5-22,24-26H2,1-4H3/t27-/m1/s1. The molecule has 0 aromatic heterocycles. The Morgan fingerprint density at radius 3 is 1.82 bits per heavy atom. The molecular formula is C29H56NO9P. The number of phosphoric acid groups is 1. The van der Waals surface area contributed by atoms with Gasteiger partial charge in [-0.2, -0.15) is 0 Å². The van der Waals surface area contributed by atoms with Crippen molar-refractivity contribution in [3.63, 3.8) is 0 Å². The number of rotatable bonds is 28.